The van der Waals surface area contributed by atoms with E-state index in [0.29, 0.717) is 0 Å². The van der Waals surface area contributed by atoms with Crippen LogP contribution in [0.15, 0.2) is 0 Å². The summed E-state index contributed by atoms with van der Waals surface area (Å²) in [7, 11) is 0. The van der Waals surface area contributed by atoms with Crippen molar-refractivity contribution in [3.05, 3.63) is 5.69 Å². The van der Waals surface area contributed by atoms with Crippen molar-refractivity contribution >= 4 is 11.8 Å². The number of rotatable bonds is 2. The average Bonchev–Trinajstić information content (AvgIpc) is 2.33. The zero-order valence-electron chi connectivity index (χ0n) is 6.87. The monoisotopic (exact) mass is 170 g/mol. The summed E-state index contributed by atoms with van der Waals surface area (Å²) in [6.07, 6.45) is -0.186. The van der Waals surface area contributed by atoms with E-state index < -0.39 is 5.97 Å². The third-order valence-electron chi connectivity index (χ3n) is 1.11. The minimum atomic E-state index is -0.559. The third kappa shape index (κ3) is 1.71. The topological polar surface area (TPSA) is 93.9 Å². The molecule has 0 amide bonds. The Morgan fingerprint density at radius 3 is 2.67 bits per heavy atom. The molecule has 0 spiro atoms. The molecule has 0 saturated heterocycles. The van der Waals surface area contributed by atoms with Crippen LogP contribution in [0.2, 0.25) is 0 Å². The standard InChI is InChI=1S/C6H10N4O2/c1-3(2)12-6(11)4-5(7)9-10-8-4/h3H,1-2H3,(H3,7,8,9,10). The molecule has 1 heterocycles. The molecule has 0 radical (unpaired) electrons. The van der Waals surface area contributed by atoms with Crippen LogP contribution in [0.25, 0.3) is 0 Å². The van der Waals surface area contributed by atoms with Crippen molar-refractivity contribution in [2.45, 2.75) is 20.0 Å². The zero-order valence-corrected chi connectivity index (χ0v) is 6.87. The van der Waals surface area contributed by atoms with Gasteiger partial charge in [-0.25, -0.2) is 4.79 Å². The molecular weight excluding hydrogens is 160 g/mol. The number of carbonyl (C=O) groups excluding carboxylic acids is 1. The predicted molar refractivity (Wildman–Crippen MR) is 41.3 cm³/mol. The Bertz CT molecular complexity index is 281. The molecule has 0 fully saturated rings. The molecule has 0 saturated carbocycles. The van der Waals surface area contributed by atoms with Gasteiger partial charge in [0.1, 0.15) is 0 Å². The smallest absolute Gasteiger partial charge is 0.363 e. The summed E-state index contributed by atoms with van der Waals surface area (Å²) < 4.78 is 4.83. The van der Waals surface area contributed by atoms with E-state index >= 15 is 0 Å². The van der Waals surface area contributed by atoms with Crippen molar-refractivity contribution < 1.29 is 9.53 Å². The highest BCUT2D eigenvalue weighted by atomic mass is 16.5. The van der Waals surface area contributed by atoms with E-state index in [9.17, 15) is 4.79 Å². The first kappa shape index (κ1) is 8.51. The van der Waals surface area contributed by atoms with Gasteiger partial charge in [0.15, 0.2) is 5.82 Å². The lowest BCUT2D eigenvalue weighted by Gasteiger charge is -2.04. The van der Waals surface area contributed by atoms with Gasteiger partial charge in [-0.3, -0.25) is 0 Å². The van der Waals surface area contributed by atoms with Gasteiger partial charge in [-0.2, -0.15) is 5.21 Å². The maximum atomic E-state index is 11.1. The molecule has 0 aliphatic heterocycles. The number of nitrogens with zero attached hydrogens (tertiary/aromatic N) is 2. The van der Waals surface area contributed by atoms with Crippen LogP contribution in [0.3, 0.4) is 0 Å². The van der Waals surface area contributed by atoms with E-state index in [0.717, 1.165) is 0 Å². The Kier molecular flexibility index (Phi) is 2.27. The fourth-order valence-corrected chi connectivity index (χ4v) is 0.659. The molecule has 0 aliphatic carbocycles. The summed E-state index contributed by atoms with van der Waals surface area (Å²) in [5.41, 5.74) is 5.34. The quantitative estimate of drug-likeness (QED) is 0.607. The summed E-state index contributed by atoms with van der Waals surface area (Å²) in [6.45, 7) is 3.49. The SMILES string of the molecule is CC(C)OC(=O)c1n[nH]nc1N. The largest absolute Gasteiger partial charge is 0.458 e. The number of anilines is 1. The van der Waals surface area contributed by atoms with Crippen LogP contribution in [0.1, 0.15) is 24.3 Å². The van der Waals surface area contributed by atoms with Crippen molar-refractivity contribution in [2.24, 2.45) is 0 Å². The van der Waals surface area contributed by atoms with Crippen LogP contribution in [0.5, 0.6) is 0 Å². The summed E-state index contributed by atoms with van der Waals surface area (Å²) in [4.78, 5) is 11.1. The Labute approximate surface area is 69.1 Å². The number of nitrogens with one attached hydrogen (secondary N) is 1. The number of H-pyrrole nitrogens is 1. The molecule has 0 bridgehead atoms. The van der Waals surface area contributed by atoms with Crippen LogP contribution in [0.4, 0.5) is 5.82 Å². The molecule has 0 aliphatic rings. The van der Waals surface area contributed by atoms with Crippen LogP contribution >= 0.6 is 0 Å². The van der Waals surface area contributed by atoms with E-state index in [1.165, 1.54) is 0 Å². The predicted octanol–water partition coefficient (Wildman–Crippen LogP) is -0.0479. The molecule has 0 unspecified atom stereocenters. The van der Waals surface area contributed by atoms with Gasteiger partial charge in [0, 0.05) is 0 Å². The second-order valence-corrected chi connectivity index (χ2v) is 2.51. The highest BCUT2D eigenvalue weighted by Gasteiger charge is 2.16. The van der Waals surface area contributed by atoms with Crippen LogP contribution in [0, 0.1) is 0 Å². The number of hydrogen-bond donors (Lipinski definition) is 2. The summed E-state index contributed by atoms with van der Waals surface area (Å²) in [5.74, 6) is -0.503. The summed E-state index contributed by atoms with van der Waals surface area (Å²) in [6, 6.07) is 0. The van der Waals surface area contributed by atoms with Gasteiger partial charge in [-0.15, -0.1) is 10.2 Å². The number of ether oxygens (including phenoxy) is 1. The number of esters is 1. The van der Waals surface area contributed by atoms with Crippen LogP contribution in [-0.2, 0) is 4.74 Å². The molecule has 1 rings (SSSR count). The molecule has 6 nitrogen and oxygen atoms in total. The molecule has 0 atom stereocenters. The van der Waals surface area contributed by atoms with Crippen LogP contribution in [-0.4, -0.2) is 27.5 Å². The molecule has 0 aromatic carbocycles. The Morgan fingerprint density at radius 2 is 2.25 bits per heavy atom. The molecule has 66 valence electrons. The highest BCUT2D eigenvalue weighted by Crippen LogP contribution is 2.05. The van der Waals surface area contributed by atoms with Gasteiger partial charge in [-0.1, -0.05) is 0 Å². The lowest BCUT2D eigenvalue weighted by atomic mass is 10.4. The number of carbonyl (C=O) groups is 1. The van der Waals surface area contributed by atoms with Crippen molar-refractivity contribution in [3.63, 3.8) is 0 Å². The number of nitrogens with two attached hydrogens (primary N) is 1. The molecule has 1 aromatic heterocycles. The number of hydrogen-bond acceptors (Lipinski definition) is 5. The lowest BCUT2D eigenvalue weighted by molar-refractivity contribution is 0.0372. The van der Waals surface area contributed by atoms with E-state index in [1.54, 1.807) is 13.8 Å². The van der Waals surface area contributed by atoms with Gasteiger partial charge in [-0.05, 0) is 13.8 Å². The highest BCUT2D eigenvalue weighted by molar-refractivity contribution is 5.91. The first-order valence-electron chi connectivity index (χ1n) is 3.48. The van der Waals surface area contributed by atoms with E-state index in [-0.39, 0.29) is 17.6 Å². The van der Waals surface area contributed by atoms with Crippen LogP contribution < -0.4 is 5.73 Å². The maximum Gasteiger partial charge on any atom is 0.363 e. The zero-order chi connectivity index (χ0) is 9.14. The maximum absolute atomic E-state index is 11.1. The number of aromatic nitrogens is 3. The first-order chi connectivity index (χ1) is 5.61. The number of aromatic amines is 1. The summed E-state index contributed by atoms with van der Waals surface area (Å²) >= 11 is 0. The fourth-order valence-electron chi connectivity index (χ4n) is 0.659. The minimum Gasteiger partial charge on any atom is -0.458 e. The second kappa shape index (κ2) is 3.21. The van der Waals surface area contributed by atoms with Crippen molar-refractivity contribution in [2.75, 3.05) is 5.73 Å². The van der Waals surface area contributed by atoms with E-state index in [4.69, 9.17) is 10.5 Å². The van der Waals surface area contributed by atoms with Crippen molar-refractivity contribution in [3.8, 4) is 0 Å². The number of nitrogen functional groups attached to an aromatic ring is 1. The molecule has 1 aromatic rings. The van der Waals surface area contributed by atoms with Gasteiger partial charge in [0.2, 0.25) is 5.69 Å². The Morgan fingerprint density at radius 1 is 1.58 bits per heavy atom. The molecule has 3 N–H and O–H groups in total. The Balaban J connectivity index is 2.72. The van der Waals surface area contributed by atoms with Crippen molar-refractivity contribution in [1.82, 2.24) is 15.4 Å². The lowest BCUT2D eigenvalue weighted by Crippen LogP contribution is -2.13. The Hall–Kier alpha value is -1.59. The van der Waals surface area contributed by atoms with Gasteiger partial charge in [0.25, 0.3) is 0 Å². The fraction of sp³-hybridized carbons (Fsp3) is 0.500. The molecule has 6 heteroatoms. The third-order valence-corrected chi connectivity index (χ3v) is 1.11. The van der Waals surface area contributed by atoms with E-state index in [2.05, 4.69) is 15.4 Å². The minimum absolute atomic E-state index is 0.0312. The van der Waals surface area contributed by atoms with Gasteiger partial charge >= 0.3 is 5.97 Å². The average molecular weight is 170 g/mol. The van der Waals surface area contributed by atoms with Gasteiger partial charge in [0.05, 0.1) is 6.10 Å². The summed E-state index contributed by atoms with van der Waals surface area (Å²) in [5, 5.41) is 9.25. The molecule has 12 heavy (non-hydrogen) atoms. The van der Waals surface area contributed by atoms with E-state index in [1.807, 2.05) is 0 Å². The van der Waals surface area contributed by atoms with Crippen molar-refractivity contribution in [1.29, 1.82) is 0 Å². The van der Waals surface area contributed by atoms with Gasteiger partial charge < -0.3 is 10.5 Å². The molecular formula is C6H10N4O2. The normalized spacial score (nSPS) is 10.2. The second-order valence-electron chi connectivity index (χ2n) is 2.51. The first-order valence-corrected chi connectivity index (χ1v) is 3.48.